The number of piperidine rings is 1. The standard InChI is InChI=1S/C23H28N4O/c1-26(2)21-16-27(13-12-23(21,28)19-9-4-3-5-10-19)22-18(15-24)14-17-8-6-7-11-20(17)25-22/h3-5,9-10,14,21,28H,6-8,11-13,16H2,1-2H3/t21-,23+/m1/s1. The van der Waals surface area contributed by atoms with E-state index < -0.39 is 5.60 Å². The molecule has 1 aromatic carbocycles. The number of hydrogen-bond acceptors (Lipinski definition) is 5. The maximum atomic E-state index is 11.6. The SMILES string of the molecule is CN(C)[C@@H]1CN(c2nc3c(cc2C#N)CCCC3)CC[C@]1(O)c1ccccc1. The van der Waals surface area contributed by atoms with Gasteiger partial charge in [0, 0.05) is 18.8 Å². The molecular formula is C23H28N4O. The van der Waals surface area contributed by atoms with Crippen molar-refractivity contribution < 1.29 is 5.11 Å². The Morgan fingerprint density at radius 1 is 1.21 bits per heavy atom. The number of nitrogens with zero attached hydrogens (tertiary/aromatic N) is 4. The number of pyridine rings is 1. The van der Waals surface area contributed by atoms with Crippen LogP contribution in [0.25, 0.3) is 0 Å². The van der Waals surface area contributed by atoms with Crippen LogP contribution in [0.1, 0.15) is 41.6 Å². The second kappa shape index (κ2) is 7.54. The Bertz CT molecular complexity index is 889. The van der Waals surface area contributed by atoms with Crippen LogP contribution in [-0.2, 0) is 18.4 Å². The molecule has 146 valence electrons. The minimum atomic E-state index is -0.914. The van der Waals surface area contributed by atoms with Crippen LogP contribution in [0.3, 0.4) is 0 Å². The Kier molecular flexibility index (Phi) is 5.09. The van der Waals surface area contributed by atoms with E-state index in [0.717, 1.165) is 29.9 Å². The van der Waals surface area contributed by atoms with Crippen LogP contribution in [0.4, 0.5) is 5.82 Å². The summed E-state index contributed by atoms with van der Waals surface area (Å²) in [4.78, 5) is 9.20. The molecule has 4 rings (SSSR count). The molecule has 0 saturated carbocycles. The lowest BCUT2D eigenvalue weighted by Crippen LogP contribution is -2.59. The smallest absolute Gasteiger partial charge is 0.146 e. The fourth-order valence-corrected chi connectivity index (χ4v) is 4.72. The van der Waals surface area contributed by atoms with Gasteiger partial charge in [0.25, 0.3) is 0 Å². The fourth-order valence-electron chi connectivity index (χ4n) is 4.72. The van der Waals surface area contributed by atoms with Gasteiger partial charge in [-0.25, -0.2) is 4.98 Å². The van der Waals surface area contributed by atoms with Crippen molar-refractivity contribution >= 4 is 5.82 Å². The van der Waals surface area contributed by atoms with Gasteiger partial charge in [0.2, 0.25) is 0 Å². The van der Waals surface area contributed by atoms with Gasteiger partial charge in [0.05, 0.1) is 11.6 Å². The van der Waals surface area contributed by atoms with E-state index in [-0.39, 0.29) is 6.04 Å². The third-order valence-corrected chi connectivity index (χ3v) is 6.31. The number of aromatic nitrogens is 1. The zero-order valence-electron chi connectivity index (χ0n) is 16.7. The highest BCUT2D eigenvalue weighted by Gasteiger charge is 2.44. The van der Waals surface area contributed by atoms with Crippen molar-refractivity contribution in [1.29, 1.82) is 5.26 Å². The summed E-state index contributed by atoms with van der Waals surface area (Å²) in [6.45, 7) is 1.31. The van der Waals surface area contributed by atoms with Crippen LogP contribution in [0, 0.1) is 11.3 Å². The molecule has 1 saturated heterocycles. The highest BCUT2D eigenvalue weighted by atomic mass is 16.3. The van der Waals surface area contributed by atoms with E-state index in [1.165, 1.54) is 18.4 Å². The summed E-state index contributed by atoms with van der Waals surface area (Å²) in [7, 11) is 4.02. The Labute approximate surface area is 167 Å². The highest BCUT2D eigenvalue weighted by molar-refractivity contribution is 5.57. The third-order valence-electron chi connectivity index (χ3n) is 6.31. The first-order valence-electron chi connectivity index (χ1n) is 10.1. The summed E-state index contributed by atoms with van der Waals surface area (Å²) in [5.74, 6) is 0.783. The average molecular weight is 377 g/mol. The maximum Gasteiger partial charge on any atom is 0.146 e. The molecule has 0 bridgehead atoms. The molecule has 1 N–H and O–H groups in total. The number of rotatable bonds is 3. The molecule has 1 aliphatic heterocycles. The molecule has 1 aromatic heterocycles. The van der Waals surface area contributed by atoms with Crippen molar-refractivity contribution in [2.45, 2.75) is 43.7 Å². The summed E-state index contributed by atoms with van der Waals surface area (Å²) in [6, 6.07) is 14.2. The summed E-state index contributed by atoms with van der Waals surface area (Å²) >= 11 is 0. The van der Waals surface area contributed by atoms with E-state index in [2.05, 4.69) is 15.9 Å². The Morgan fingerprint density at radius 3 is 2.68 bits per heavy atom. The van der Waals surface area contributed by atoms with Crippen molar-refractivity contribution in [3.8, 4) is 6.07 Å². The van der Waals surface area contributed by atoms with Crippen molar-refractivity contribution in [3.05, 3.63) is 58.8 Å². The maximum absolute atomic E-state index is 11.6. The summed E-state index contributed by atoms with van der Waals surface area (Å²) in [5, 5.41) is 21.3. The normalized spacial score (nSPS) is 24.7. The third kappa shape index (κ3) is 3.28. The van der Waals surface area contributed by atoms with Gasteiger partial charge in [-0.1, -0.05) is 30.3 Å². The van der Waals surface area contributed by atoms with Crippen LogP contribution in [-0.4, -0.2) is 48.2 Å². The zero-order chi connectivity index (χ0) is 19.7. The van der Waals surface area contributed by atoms with Gasteiger partial charge in [0.1, 0.15) is 17.5 Å². The molecule has 28 heavy (non-hydrogen) atoms. The lowest BCUT2D eigenvalue weighted by molar-refractivity contribution is -0.0527. The summed E-state index contributed by atoms with van der Waals surface area (Å²) in [5.41, 5.74) is 3.07. The van der Waals surface area contributed by atoms with E-state index in [9.17, 15) is 10.4 Å². The van der Waals surface area contributed by atoms with Gasteiger partial charge in [0.15, 0.2) is 0 Å². The first kappa shape index (κ1) is 18.9. The molecule has 0 spiro atoms. The molecule has 5 nitrogen and oxygen atoms in total. The number of benzene rings is 1. The Balaban J connectivity index is 1.68. The highest BCUT2D eigenvalue weighted by Crippen LogP contribution is 2.37. The molecule has 2 heterocycles. The molecule has 1 aliphatic carbocycles. The molecule has 1 fully saturated rings. The number of anilines is 1. The second-order valence-corrected chi connectivity index (χ2v) is 8.25. The zero-order valence-corrected chi connectivity index (χ0v) is 16.7. The van der Waals surface area contributed by atoms with Crippen molar-refractivity contribution in [2.24, 2.45) is 0 Å². The van der Waals surface area contributed by atoms with Gasteiger partial charge >= 0.3 is 0 Å². The predicted molar refractivity (Wildman–Crippen MR) is 110 cm³/mol. The van der Waals surface area contributed by atoms with Crippen LogP contribution in [0.2, 0.25) is 0 Å². The van der Waals surface area contributed by atoms with Gasteiger partial charge < -0.3 is 14.9 Å². The van der Waals surface area contributed by atoms with Crippen LogP contribution >= 0.6 is 0 Å². The monoisotopic (exact) mass is 376 g/mol. The molecule has 2 aliphatic rings. The van der Waals surface area contributed by atoms with Gasteiger partial charge in [-0.05, 0) is 63.4 Å². The van der Waals surface area contributed by atoms with Gasteiger partial charge in [-0.15, -0.1) is 0 Å². The van der Waals surface area contributed by atoms with Crippen molar-refractivity contribution in [2.75, 3.05) is 32.1 Å². The van der Waals surface area contributed by atoms with E-state index in [0.29, 0.717) is 25.1 Å². The number of nitriles is 1. The minimum absolute atomic E-state index is 0.0898. The summed E-state index contributed by atoms with van der Waals surface area (Å²) in [6.07, 6.45) is 4.96. The lowest BCUT2D eigenvalue weighted by Gasteiger charge is -2.48. The number of hydrogen-bond donors (Lipinski definition) is 1. The molecular weight excluding hydrogens is 348 g/mol. The molecule has 0 radical (unpaired) electrons. The second-order valence-electron chi connectivity index (χ2n) is 8.25. The quantitative estimate of drug-likeness (QED) is 0.892. The molecule has 5 heteroatoms. The number of aliphatic hydroxyl groups is 1. The molecule has 0 amide bonds. The first-order valence-corrected chi connectivity index (χ1v) is 10.1. The van der Waals surface area contributed by atoms with Gasteiger partial charge in [-0.3, -0.25) is 0 Å². The largest absolute Gasteiger partial charge is 0.383 e. The molecule has 0 unspecified atom stereocenters. The van der Waals surface area contributed by atoms with E-state index >= 15 is 0 Å². The summed E-state index contributed by atoms with van der Waals surface area (Å²) < 4.78 is 0. The fraction of sp³-hybridized carbons (Fsp3) is 0.478. The Morgan fingerprint density at radius 2 is 1.96 bits per heavy atom. The van der Waals surface area contributed by atoms with Crippen LogP contribution in [0.5, 0.6) is 0 Å². The van der Waals surface area contributed by atoms with E-state index in [1.54, 1.807) is 0 Å². The van der Waals surface area contributed by atoms with Gasteiger partial charge in [-0.2, -0.15) is 5.26 Å². The molecule has 2 aromatic rings. The van der Waals surface area contributed by atoms with Crippen molar-refractivity contribution in [1.82, 2.24) is 9.88 Å². The lowest BCUT2D eigenvalue weighted by atomic mass is 9.79. The molecule has 2 atom stereocenters. The predicted octanol–water partition coefficient (Wildman–Crippen LogP) is 2.86. The first-order chi connectivity index (χ1) is 13.5. The van der Waals surface area contributed by atoms with E-state index in [1.807, 2.05) is 50.5 Å². The van der Waals surface area contributed by atoms with Crippen LogP contribution < -0.4 is 4.90 Å². The number of fused-ring (bicyclic) bond motifs is 1. The average Bonchev–Trinajstić information content (AvgIpc) is 2.73. The number of likely N-dealkylation sites (N-methyl/N-ethyl adjacent to an activating group) is 1. The van der Waals surface area contributed by atoms with Crippen LogP contribution in [0.15, 0.2) is 36.4 Å². The number of aryl methyl sites for hydroxylation is 2. The van der Waals surface area contributed by atoms with E-state index in [4.69, 9.17) is 4.98 Å². The topological polar surface area (TPSA) is 63.4 Å². The Hall–Kier alpha value is -2.42. The van der Waals surface area contributed by atoms with Crippen molar-refractivity contribution in [3.63, 3.8) is 0 Å². The minimum Gasteiger partial charge on any atom is -0.383 e.